The van der Waals surface area contributed by atoms with E-state index in [-0.39, 0.29) is 12.0 Å². The summed E-state index contributed by atoms with van der Waals surface area (Å²) in [5, 5.41) is 0.664. The van der Waals surface area contributed by atoms with Gasteiger partial charge in [0.25, 0.3) is 0 Å². The second-order valence-corrected chi connectivity index (χ2v) is 7.11. The Balaban J connectivity index is 1.84. The van der Waals surface area contributed by atoms with Gasteiger partial charge in [0.15, 0.2) is 0 Å². The summed E-state index contributed by atoms with van der Waals surface area (Å²) < 4.78 is 5.35. The fourth-order valence-electron chi connectivity index (χ4n) is 2.28. The molecule has 0 aliphatic carbocycles. The lowest BCUT2D eigenvalue weighted by Crippen LogP contribution is -2.51. The summed E-state index contributed by atoms with van der Waals surface area (Å²) in [6, 6.07) is 7.27. The minimum atomic E-state index is -0.509. The highest BCUT2D eigenvalue weighted by Gasteiger charge is 2.26. The number of rotatable bonds is 2. The van der Waals surface area contributed by atoms with Crippen molar-refractivity contribution in [2.75, 3.05) is 26.2 Å². The fourth-order valence-corrected chi connectivity index (χ4v) is 2.41. The Labute approximate surface area is 147 Å². The molecule has 2 rings (SSSR count). The van der Waals surface area contributed by atoms with E-state index in [1.807, 2.05) is 32.9 Å². The van der Waals surface area contributed by atoms with E-state index in [1.165, 1.54) is 0 Å². The first-order valence-corrected chi connectivity index (χ1v) is 8.33. The minimum absolute atomic E-state index is 0.0613. The van der Waals surface area contributed by atoms with Crippen LogP contribution in [0.1, 0.15) is 26.3 Å². The van der Waals surface area contributed by atoms with Crippen LogP contribution in [0.2, 0.25) is 5.02 Å². The van der Waals surface area contributed by atoms with Crippen molar-refractivity contribution in [3.63, 3.8) is 0 Å². The first kappa shape index (κ1) is 18.3. The van der Waals surface area contributed by atoms with E-state index in [9.17, 15) is 9.59 Å². The van der Waals surface area contributed by atoms with Gasteiger partial charge in [0.05, 0.1) is 0 Å². The van der Waals surface area contributed by atoms with Gasteiger partial charge in [0.1, 0.15) is 5.60 Å². The molecular formula is C18H23ClN2O3. The summed E-state index contributed by atoms with van der Waals surface area (Å²) >= 11 is 5.83. The molecule has 0 N–H and O–H groups in total. The van der Waals surface area contributed by atoms with Crippen molar-refractivity contribution in [3.05, 3.63) is 40.9 Å². The monoisotopic (exact) mass is 350 g/mol. The van der Waals surface area contributed by atoms with E-state index in [0.717, 1.165) is 5.56 Å². The van der Waals surface area contributed by atoms with Crippen LogP contribution in [0.3, 0.4) is 0 Å². The topological polar surface area (TPSA) is 49.9 Å². The lowest BCUT2D eigenvalue weighted by molar-refractivity contribution is -0.127. The summed E-state index contributed by atoms with van der Waals surface area (Å²) in [5.41, 5.74) is 0.408. The smallest absolute Gasteiger partial charge is 0.410 e. The fraction of sp³-hybridized carbons (Fsp3) is 0.444. The van der Waals surface area contributed by atoms with Crippen LogP contribution in [0.25, 0.3) is 6.08 Å². The van der Waals surface area contributed by atoms with Crippen LogP contribution < -0.4 is 0 Å². The van der Waals surface area contributed by atoms with Crippen LogP contribution in [0.4, 0.5) is 4.79 Å². The van der Waals surface area contributed by atoms with Gasteiger partial charge in [-0.1, -0.05) is 23.7 Å². The zero-order valence-electron chi connectivity index (χ0n) is 14.3. The zero-order valence-corrected chi connectivity index (χ0v) is 15.0. The number of halogens is 1. The maximum Gasteiger partial charge on any atom is 0.410 e. The van der Waals surface area contributed by atoms with E-state index in [2.05, 4.69) is 0 Å². The summed E-state index contributed by atoms with van der Waals surface area (Å²) in [7, 11) is 0. The van der Waals surface area contributed by atoms with Crippen molar-refractivity contribution >= 4 is 29.7 Å². The molecule has 1 saturated heterocycles. The summed E-state index contributed by atoms with van der Waals surface area (Å²) in [4.78, 5) is 27.6. The third kappa shape index (κ3) is 5.57. The summed E-state index contributed by atoms with van der Waals surface area (Å²) in [6.07, 6.45) is 2.98. The van der Waals surface area contributed by atoms with E-state index < -0.39 is 5.60 Å². The van der Waals surface area contributed by atoms with Gasteiger partial charge in [0, 0.05) is 37.3 Å². The Bertz CT molecular complexity index is 612. The number of carbonyl (C=O) groups is 2. The Morgan fingerprint density at radius 3 is 2.12 bits per heavy atom. The number of ether oxygens (including phenoxy) is 1. The highest BCUT2D eigenvalue weighted by Crippen LogP contribution is 2.13. The second-order valence-electron chi connectivity index (χ2n) is 6.68. The van der Waals surface area contributed by atoms with Gasteiger partial charge in [-0.25, -0.2) is 4.79 Å². The van der Waals surface area contributed by atoms with Crippen LogP contribution in [0, 0.1) is 0 Å². The van der Waals surface area contributed by atoms with Gasteiger partial charge in [-0.15, -0.1) is 0 Å². The molecule has 0 saturated carbocycles. The average molecular weight is 351 g/mol. The van der Waals surface area contributed by atoms with Gasteiger partial charge < -0.3 is 14.5 Å². The van der Waals surface area contributed by atoms with Crippen LogP contribution in [0.15, 0.2) is 30.3 Å². The number of hydrogen-bond donors (Lipinski definition) is 0. The van der Waals surface area contributed by atoms with Crippen LogP contribution >= 0.6 is 11.6 Å². The van der Waals surface area contributed by atoms with Crippen molar-refractivity contribution in [2.24, 2.45) is 0 Å². The molecule has 130 valence electrons. The molecule has 24 heavy (non-hydrogen) atoms. The molecule has 0 radical (unpaired) electrons. The minimum Gasteiger partial charge on any atom is -0.444 e. The van der Waals surface area contributed by atoms with E-state index >= 15 is 0 Å². The molecule has 0 aromatic heterocycles. The molecule has 1 heterocycles. The molecule has 0 unspecified atom stereocenters. The van der Waals surface area contributed by atoms with Crippen LogP contribution in [-0.2, 0) is 9.53 Å². The lowest BCUT2D eigenvalue weighted by Gasteiger charge is -2.35. The van der Waals surface area contributed by atoms with Gasteiger partial charge in [-0.05, 0) is 44.5 Å². The third-order valence-electron chi connectivity index (χ3n) is 3.53. The van der Waals surface area contributed by atoms with E-state index in [4.69, 9.17) is 16.3 Å². The Morgan fingerprint density at radius 1 is 1.04 bits per heavy atom. The first-order valence-electron chi connectivity index (χ1n) is 7.95. The average Bonchev–Trinajstić information content (AvgIpc) is 2.52. The SMILES string of the molecule is CC(C)(C)OC(=O)N1CCN(C(=O)C=Cc2ccc(Cl)cc2)CC1. The Kier molecular flexibility index (Phi) is 5.89. The Hall–Kier alpha value is -2.01. The molecule has 0 bridgehead atoms. The number of hydrogen-bond acceptors (Lipinski definition) is 3. The van der Waals surface area contributed by atoms with E-state index in [0.29, 0.717) is 31.2 Å². The first-order chi connectivity index (χ1) is 11.2. The highest BCUT2D eigenvalue weighted by molar-refractivity contribution is 6.30. The molecule has 1 aromatic rings. The molecule has 0 spiro atoms. The summed E-state index contributed by atoms with van der Waals surface area (Å²) in [5.74, 6) is -0.0613. The van der Waals surface area contributed by atoms with Crippen molar-refractivity contribution in [2.45, 2.75) is 26.4 Å². The maximum absolute atomic E-state index is 12.2. The third-order valence-corrected chi connectivity index (χ3v) is 3.78. The lowest BCUT2D eigenvalue weighted by atomic mass is 10.2. The predicted molar refractivity (Wildman–Crippen MR) is 94.9 cm³/mol. The zero-order chi connectivity index (χ0) is 17.7. The number of amides is 2. The number of benzene rings is 1. The van der Waals surface area contributed by atoms with Crippen molar-refractivity contribution in [1.82, 2.24) is 9.80 Å². The van der Waals surface area contributed by atoms with Gasteiger partial charge >= 0.3 is 6.09 Å². The van der Waals surface area contributed by atoms with E-state index in [1.54, 1.807) is 34.1 Å². The molecule has 6 heteroatoms. The quantitative estimate of drug-likeness (QED) is 0.768. The predicted octanol–water partition coefficient (Wildman–Crippen LogP) is 3.43. The van der Waals surface area contributed by atoms with Crippen molar-refractivity contribution < 1.29 is 14.3 Å². The normalized spacial score (nSPS) is 15.7. The molecule has 1 aliphatic rings. The van der Waals surface area contributed by atoms with Crippen LogP contribution in [0.5, 0.6) is 0 Å². The molecule has 1 aliphatic heterocycles. The molecule has 2 amide bonds. The van der Waals surface area contributed by atoms with Crippen molar-refractivity contribution in [1.29, 1.82) is 0 Å². The number of carbonyl (C=O) groups excluding carboxylic acids is 2. The highest BCUT2D eigenvalue weighted by atomic mass is 35.5. The number of piperazine rings is 1. The van der Waals surface area contributed by atoms with Crippen molar-refractivity contribution in [3.8, 4) is 0 Å². The summed E-state index contributed by atoms with van der Waals surface area (Å²) in [6.45, 7) is 7.49. The molecule has 1 aromatic carbocycles. The molecule has 5 nitrogen and oxygen atoms in total. The maximum atomic E-state index is 12.2. The molecular weight excluding hydrogens is 328 g/mol. The van der Waals surface area contributed by atoms with Crippen LogP contribution in [-0.4, -0.2) is 53.6 Å². The van der Waals surface area contributed by atoms with Gasteiger partial charge in [-0.2, -0.15) is 0 Å². The second kappa shape index (κ2) is 7.71. The standard InChI is InChI=1S/C18H23ClN2O3/c1-18(2,3)24-17(23)21-12-10-20(11-13-21)16(22)9-6-14-4-7-15(19)8-5-14/h4-9H,10-13H2,1-3H3. The largest absolute Gasteiger partial charge is 0.444 e. The Morgan fingerprint density at radius 2 is 1.58 bits per heavy atom. The molecule has 1 fully saturated rings. The molecule has 0 atom stereocenters. The van der Waals surface area contributed by atoms with Gasteiger partial charge in [0.2, 0.25) is 5.91 Å². The number of nitrogens with zero attached hydrogens (tertiary/aromatic N) is 2. The van der Waals surface area contributed by atoms with Gasteiger partial charge in [-0.3, -0.25) is 4.79 Å².